The summed E-state index contributed by atoms with van der Waals surface area (Å²) in [5.74, 6) is 0. The molecule has 0 aromatic heterocycles. The van der Waals surface area contributed by atoms with Gasteiger partial charge in [-0.3, -0.25) is 0 Å². The first kappa shape index (κ1) is 12.7. The van der Waals surface area contributed by atoms with E-state index in [1.54, 1.807) is 30.3 Å². The Morgan fingerprint density at radius 2 is 1.61 bits per heavy atom. The SMILES string of the molecule is [B]Cc1ccc(C(F)(F)F)c(-c2ccccc2)c1. The lowest BCUT2D eigenvalue weighted by atomic mass is 9.91. The molecule has 4 heteroatoms. The fourth-order valence-electron chi connectivity index (χ4n) is 1.82. The van der Waals surface area contributed by atoms with E-state index in [0.717, 1.165) is 6.07 Å². The predicted octanol–water partition coefficient (Wildman–Crippen LogP) is 4.04. The standard InChI is InChI=1S/C14H10BF3/c15-9-10-6-7-13(14(16,17)18)12(8-10)11-4-2-1-3-5-11/h1-8H,9H2. The van der Waals surface area contributed by atoms with E-state index < -0.39 is 11.7 Å². The highest BCUT2D eigenvalue weighted by Gasteiger charge is 2.33. The summed E-state index contributed by atoms with van der Waals surface area (Å²) in [5, 5.41) is 0. The van der Waals surface area contributed by atoms with Gasteiger partial charge in [-0.25, -0.2) is 0 Å². The zero-order valence-corrected chi connectivity index (χ0v) is 9.54. The molecule has 0 N–H and O–H groups in total. The summed E-state index contributed by atoms with van der Waals surface area (Å²) in [6, 6.07) is 12.5. The highest BCUT2D eigenvalue weighted by Crippen LogP contribution is 2.37. The Morgan fingerprint density at radius 1 is 0.944 bits per heavy atom. The fraction of sp³-hybridized carbons (Fsp3) is 0.143. The minimum Gasteiger partial charge on any atom is -0.166 e. The summed E-state index contributed by atoms with van der Waals surface area (Å²) in [7, 11) is 5.47. The van der Waals surface area contributed by atoms with Crippen LogP contribution in [0, 0.1) is 0 Å². The van der Waals surface area contributed by atoms with Crippen LogP contribution in [-0.4, -0.2) is 7.85 Å². The van der Waals surface area contributed by atoms with Crippen LogP contribution in [0.3, 0.4) is 0 Å². The van der Waals surface area contributed by atoms with Crippen LogP contribution in [0.5, 0.6) is 0 Å². The second-order valence-corrected chi connectivity index (χ2v) is 3.95. The van der Waals surface area contributed by atoms with Crippen molar-refractivity contribution in [1.82, 2.24) is 0 Å². The Morgan fingerprint density at radius 3 is 2.17 bits per heavy atom. The molecule has 18 heavy (non-hydrogen) atoms. The first-order chi connectivity index (χ1) is 8.52. The summed E-state index contributed by atoms with van der Waals surface area (Å²) in [6.07, 6.45) is -4.14. The van der Waals surface area contributed by atoms with Crippen LogP contribution in [0.4, 0.5) is 13.2 Å². The smallest absolute Gasteiger partial charge is 0.166 e. The van der Waals surface area contributed by atoms with E-state index in [2.05, 4.69) is 0 Å². The Balaban J connectivity index is 2.62. The topological polar surface area (TPSA) is 0 Å². The summed E-state index contributed by atoms with van der Waals surface area (Å²) in [6.45, 7) is 0. The molecule has 2 rings (SSSR count). The quantitative estimate of drug-likeness (QED) is 0.701. The molecule has 0 unspecified atom stereocenters. The third kappa shape index (κ3) is 2.58. The van der Waals surface area contributed by atoms with Crippen molar-refractivity contribution in [2.45, 2.75) is 12.5 Å². The maximum Gasteiger partial charge on any atom is 0.417 e. The molecule has 0 saturated heterocycles. The zero-order valence-electron chi connectivity index (χ0n) is 9.54. The molecule has 0 nitrogen and oxygen atoms in total. The van der Waals surface area contributed by atoms with E-state index in [9.17, 15) is 13.2 Å². The first-order valence-corrected chi connectivity index (χ1v) is 5.48. The predicted molar refractivity (Wildman–Crippen MR) is 66.3 cm³/mol. The van der Waals surface area contributed by atoms with Gasteiger partial charge in [-0.1, -0.05) is 54.3 Å². The van der Waals surface area contributed by atoms with E-state index in [1.807, 2.05) is 0 Å². The van der Waals surface area contributed by atoms with Gasteiger partial charge in [-0.2, -0.15) is 13.2 Å². The molecule has 2 radical (unpaired) electrons. The molecule has 0 aliphatic rings. The van der Waals surface area contributed by atoms with Gasteiger partial charge in [0.15, 0.2) is 0 Å². The lowest BCUT2D eigenvalue weighted by Crippen LogP contribution is -2.07. The van der Waals surface area contributed by atoms with Crippen LogP contribution < -0.4 is 0 Å². The monoisotopic (exact) mass is 246 g/mol. The average molecular weight is 246 g/mol. The average Bonchev–Trinajstić information content (AvgIpc) is 2.38. The van der Waals surface area contributed by atoms with E-state index in [-0.39, 0.29) is 11.9 Å². The summed E-state index contributed by atoms with van der Waals surface area (Å²) < 4.78 is 38.8. The molecule has 2 aromatic carbocycles. The highest BCUT2D eigenvalue weighted by molar-refractivity contribution is 6.08. The van der Waals surface area contributed by atoms with Gasteiger partial charge < -0.3 is 0 Å². The molecular formula is C14H10BF3. The maximum absolute atomic E-state index is 12.9. The van der Waals surface area contributed by atoms with E-state index in [1.165, 1.54) is 12.1 Å². The molecule has 0 spiro atoms. The van der Waals surface area contributed by atoms with Crippen LogP contribution in [0.25, 0.3) is 11.1 Å². The molecule has 2 aromatic rings. The van der Waals surface area contributed by atoms with Gasteiger partial charge in [0.25, 0.3) is 0 Å². The van der Waals surface area contributed by atoms with Gasteiger partial charge in [0.1, 0.15) is 0 Å². The van der Waals surface area contributed by atoms with Gasteiger partial charge in [0, 0.05) is 0 Å². The van der Waals surface area contributed by atoms with Crippen LogP contribution in [0.1, 0.15) is 11.1 Å². The number of hydrogen-bond acceptors (Lipinski definition) is 0. The Kier molecular flexibility index (Phi) is 3.46. The third-order valence-electron chi connectivity index (χ3n) is 2.71. The number of halogens is 3. The van der Waals surface area contributed by atoms with E-state index in [0.29, 0.717) is 11.1 Å². The molecule has 0 saturated carbocycles. The Bertz CT molecular complexity index is 532. The number of hydrogen-bond donors (Lipinski definition) is 0. The van der Waals surface area contributed by atoms with Crippen LogP contribution >= 0.6 is 0 Å². The zero-order chi connectivity index (χ0) is 13.2. The fourth-order valence-corrected chi connectivity index (χ4v) is 1.82. The maximum atomic E-state index is 12.9. The van der Waals surface area contributed by atoms with Crippen molar-refractivity contribution >= 4 is 7.85 Å². The molecule has 0 aliphatic heterocycles. The molecule has 0 atom stereocenters. The molecular weight excluding hydrogens is 236 g/mol. The Labute approximate surface area is 105 Å². The largest absolute Gasteiger partial charge is 0.417 e. The second-order valence-electron chi connectivity index (χ2n) is 3.95. The minimum atomic E-state index is -4.36. The van der Waals surface area contributed by atoms with Gasteiger partial charge in [-0.15, -0.1) is 0 Å². The van der Waals surface area contributed by atoms with E-state index in [4.69, 9.17) is 7.85 Å². The van der Waals surface area contributed by atoms with Gasteiger partial charge in [0.2, 0.25) is 0 Å². The number of alkyl halides is 3. The number of benzene rings is 2. The molecule has 0 aliphatic carbocycles. The van der Waals surface area contributed by atoms with Crippen molar-refractivity contribution in [3.8, 4) is 11.1 Å². The normalized spacial score (nSPS) is 11.5. The minimum absolute atomic E-state index is 0.172. The van der Waals surface area contributed by atoms with Crippen LogP contribution in [0.2, 0.25) is 0 Å². The van der Waals surface area contributed by atoms with Gasteiger partial charge in [0.05, 0.1) is 13.4 Å². The van der Waals surface area contributed by atoms with Crippen LogP contribution in [-0.2, 0) is 12.5 Å². The lowest BCUT2D eigenvalue weighted by molar-refractivity contribution is -0.137. The van der Waals surface area contributed by atoms with Crippen molar-refractivity contribution in [2.75, 3.05) is 0 Å². The first-order valence-electron chi connectivity index (χ1n) is 5.48. The molecule has 0 heterocycles. The van der Waals surface area contributed by atoms with Crippen molar-refractivity contribution in [2.24, 2.45) is 0 Å². The van der Waals surface area contributed by atoms with Crippen molar-refractivity contribution in [3.63, 3.8) is 0 Å². The van der Waals surface area contributed by atoms with Gasteiger partial charge in [-0.05, 0) is 17.2 Å². The molecule has 0 bridgehead atoms. The van der Waals surface area contributed by atoms with Crippen molar-refractivity contribution < 1.29 is 13.2 Å². The second kappa shape index (κ2) is 4.88. The van der Waals surface area contributed by atoms with Crippen molar-refractivity contribution in [1.29, 1.82) is 0 Å². The van der Waals surface area contributed by atoms with Crippen LogP contribution in [0.15, 0.2) is 48.5 Å². The molecule has 0 fully saturated rings. The molecule has 0 amide bonds. The van der Waals surface area contributed by atoms with Gasteiger partial charge >= 0.3 is 6.18 Å². The van der Waals surface area contributed by atoms with Crippen molar-refractivity contribution in [3.05, 3.63) is 59.7 Å². The highest BCUT2D eigenvalue weighted by atomic mass is 19.4. The van der Waals surface area contributed by atoms with E-state index >= 15 is 0 Å². The number of rotatable bonds is 2. The summed E-state index contributed by atoms with van der Waals surface area (Å²) in [5.41, 5.74) is 0.763. The summed E-state index contributed by atoms with van der Waals surface area (Å²) >= 11 is 0. The third-order valence-corrected chi connectivity index (χ3v) is 2.71. The molecule has 90 valence electrons. The Hall–Kier alpha value is -1.71. The lowest BCUT2D eigenvalue weighted by Gasteiger charge is -2.14. The summed E-state index contributed by atoms with van der Waals surface area (Å²) in [4.78, 5) is 0.